The molecule has 4 rings (SSSR count). The molecule has 0 unspecified atom stereocenters. The summed E-state index contributed by atoms with van der Waals surface area (Å²) in [6.45, 7) is 0. The molecule has 1 heterocycles. The highest BCUT2D eigenvalue weighted by atomic mass is 35.5. The fraction of sp³-hybridized carbons (Fsp3) is 0.0769. The number of hydrogen-bond donors (Lipinski definition) is 1. The first-order chi connectivity index (χ1) is 16.0. The maximum atomic E-state index is 9.71. The number of fused-ring (bicyclic) bond motifs is 1. The van der Waals surface area contributed by atoms with Gasteiger partial charge in [-0.1, -0.05) is 65.7 Å². The molecule has 1 N–H and O–H groups in total. The van der Waals surface area contributed by atoms with E-state index in [1.54, 1.807) is 19.2 Å². The first kappa shape index (κ1) is 22.5. The Morgan fingerprint density at radius 3 is 2.39 bits per heavy atom. The van der Waals surface area contributed by atoms with E-state index in [2.05, 4.69) is 16.4 Å². The molecule has 0 saturated carbocycles. The zero-order chi connectivity index (χ0) is 23.4. The molecule has 33 heavy (non-hydrogen) atoms. The molecule has 0 amide bonds. The molecule has 3 aromatic carbocycles. The van der Waals surface area contributed by atoms with E-state index in [0.717, 1.165) is 11.1 Å². The first-order valence-electron chi connectivity index (χ1n) is 9.98. The average Bonchev–Trinajstić information content (AvgIpc) is 2.84. The summed E-state index contributed by atoms with van der Waals surface area (Å²) in [6.07, 6.45) is 5.51. The van der Waals surface area contributed by atoms with Gasteiger partial charge in [0.05, 0.1) is 46.7 Å². The Morgan fingerprint density at radius 2 is 1.70 bits per heavy atom. The molecule has 0 fully saturated rings. The summed E-state index contributed by atoms with van der Waals surface area (Å²) in [6, 6.07) is 19.2. The standard InChI is InChI=1S/C26H19Cl2N3O2/c1-32-24-11-19-22(10-17(24)9-8-16-6-4-3-5-7-16)30-15-18(14-29)26(19)31-23-13-25(33-2)21(28)12-20(23)27/h3-13,15H,1-2H3,(H,30,31)/b9-8+. The van der Waals surface area contributed by atoms with Crippen LogP contribution in [0.15, 0.2) is 60.8 Å². The maximum absolute atomic E-state index is 9.71. The third-order valence-electron chi connectivity index (χ3n) is 5.10. The molecule has 0 aliphatic carbocycles. The Morgan fingerprint density at radius 1 is 0.939 bits per heavy atom. The third kappa shape index (κ3) is 4.73. The Balaban J connectivity index is 1.83. The summed E-state index contributed by atoms with van der Waals surface area (Å²) in [7, 11) is 3.13. The highest BCUT2D eigenvalue weighted by Crippen LogP contribution is 2.39. The van der Waals surface area contributed by atoms with Crippen LogP contribution < -0.4 is 14.8 Å². The van der Waals surface area contributed by atoms with Crippen molar-refractivity contribution in [3.8, 4) is 17.6 Å². The third-order valence-corrected chi connectivity index (χ3v) is 5.70. The molecule has 164 valence electrons. The lowest BCUT2D eigenvalue weighted by Crippen LogP contribution is -1.99. The fourth-order valence-corrected chi connectivity index (χ4v) is 3.94. The predicted molar refractivity (Wildman–Crippen MR) is 135 cm³/mol. The highest BCUT2D eigenvalue weighted by Gasteiger charge is 2.15. The van der Waals surface area contributed by atoms with Crippen LogP contribution in [0.4, 0.5) is 11.4 Å². The molecule has 0 bridgehead atoms. The molecule has 5 nitrogen and oxygen atoms in total. The van der Waals surface area contributed by atoms with Crippen LogP contribution in [0.2, 0.25) is 10.0 Å². The van der Waals surface area contributed by atoms with E-state index in [4.69, 9.17) is 32.7 Å². The zero-order valence-corrected chi connectivity index (χ0v) is 19.4. The number of hydrogen-bond acceptors (Lipinski definition) is 5. The molecule has 1 aromatic heterocycles. The van der Waals surface area contributed by atoms with Crippen molar-refractivity contribution in [2.24, 2.45) is 0 Å². The zero-order valence-electron chi connectivity index (χ0n) is 17.9. The van der Waals surface area contributed by atoms with Gasteiger partial charge in [0.25, 0.3) is 0 Å². The topological polar surface area (TPSA) is 67.2 Å². The Hall–Kier alpha value is -3.72. The number of anilines is 2. The van der Waals surface area contributed by atoms with Gasteiger partial charge in [-0.2, -0.15) is 5.26 Å². The van der Waals surface area contributed by atoms with E-state index in [0.29, 0.717) is 49.4 Å². The number of aromatic nitrogens is 1. The van der Waals surface area contributed by atoms with Crippen LogP contribution in [-0.4, -0.2) is 19.2 Å². The van der Waals surface area contributed by atoms with Crippen LogP contribution in [0.3, 0.4) is 0 Å². The van der Waals surface area contributed by atoms with E-state index < -0.39 is 0 Å². The molecular weight excluding hydrogens is 457 g/mol. The smallest absolute Gasteiger partial charge is 0.139 e. The van der Waals surface area contributed by atoms with Crippen molar-refractivity contribution in [2.75, 3.05) is 19.5 Å². The molecule has 0 aliphatic rings. The minimum absolute atomic E-state index is 0.363. The molecular formula is C26H19Cl2N3O2. The number of nitrogens with one attached hydrogen (secondary N) is 1. The van der Waals surface area contributed by atoms with Crippen LogP contribution in [0.1, 0.15) is 16.7 Å². The minimum Gasteiger partial charge on any atom is -0.496 e. The summed E-state index contributed by atoms with van der Waals surface area (Å²) in [5, 5.41) is 14.5. The van der Waals surface area contributed by atoms with Crippen LogP contribution >= 0.6 is 23.2 Å². The van der Waals surface area contributed by atoms with Crippen molar-refractivity contribution in [3.63, 3.8) is 0 Å². The van der Waals surface area contributed by atoms with Crippen molar-refractivity contribution < 1.29 is 9.47 Å². The van der Waals surface area contributed by atoms with E-state index >= 15 is 0 Å². The van der Waals surface area contributed by atoms with Gasteiger partial charge in [0.2, 0.25) is 0 Å². The Kier molecular flexibility index (Phi) is 6.69. The lowest BCUT2D eigenvalue weighted by atomic mass is 10.0. The number of rotatable bonds is 6. The largest absolute Gasteiger partial charge is 0.496 e. The second kappa shape index (κ2) is 9.83. The summed E-state index contributed by atoms with van der Waals surface area (Å²) in [4.78, 5) is 4.48. The lowest BCUT2D eigenvalue weighted by Gasteiger charge is -2.16. The first-order valence-corrected chi connectivity index (χ1v) is 10.7. The second-order valence-corrected chi connectivity index (χ2v) is 7.92. The highest BCUT2D eigenvalue weighted by molar-refractivity contribution is 6.37. The number of benzene rings is 3. The quantitative estimate of drug-likeness (QED) is 0.295. The van der Waals surface area contributed by atoms with E-state index in [1.807, 2.05) is 54.6 Å². The SMILES string of the molecule is COc1cc(Nc2c(C#N)cnc3cc(/C=C/c4ccccc4)c(OC)cc23)c(Cl)cc1Cl. The van der Waals surface area contributed by atoms with E-state index in [-0.39, 0.29) is 0 Å². The number of nitriles is 1. The van der Waals surface area contributed by atoms with Crippen molar-refractivity contribution in [3.05, 3.63) is 87.5 Å². The Bertz CT molecular complexity index is 1400. The van der Waals surface area contributed by atoms with Crippen molar-refractivity contribution in [2.45, 2.75) is 0 Å². The lowest BCUT2D eigenvalue weighted by molar-refractivity contribution is 0.414. The number of ether oxygens (including phenoxy) is 2. The van der Waals surface area contributed by atoms with Gasteiger partial charge >= 0.3 is 0 Å². The van der Waals surface area contributed by atoms with E-state index in [1.165, 1.54) is 13.3 Å². The average molecular weight is 476 g/mol. The summed E-state index contributed by atoms with van der Waals surface area (Å²) >= 11 is 12.6. The van der Waals surface area contributed by atoms with Gasteiger partial charge in [0.15, 0.2) is 0 Å². The van der Waals surface area contributed by atoms with Gasteiger partial charge < -0.3 is 14.8 Å². The van der Waals surface area contributed by atoms with E-state index in [9.17, 15) is 5.26 Å². The van der Waals surface area contributed by atoms with Gasteiger partial charge in [-0.15, -0.1) is 0 Å². The van der Waals surface area contributed by atoms with Crippen LogP contribution in [0.25, 0.3) is 23.1 Å². The van der Waals surface area contributed by atoms with Crippen LogP contribution in [0.5, 0.6) is 11.5 Å². The van der Waals surface area contributed by atoms with Gasteiger partial charge in [-0.05, 0) is 23.8 Å². The molecule has 0 radical (unpaired) electrons. The van der Waals surface area contributed by atoms with Gasteiger partial charge in [-0.3, -0.25) is 4.98 Å². The number of halogens is 2. The minimum atomic E-state index is 0.363. The molecule has 0 atom stereocenters. The fourth-order valence-electron chi connectivity index (χ4n) is 3.43. The number of pyridine rings is 1. The monoisotopic (exact) mass is 475 g/mol. The van der Waals surface area contributed by atoms with Gasteiger partial charge in [0, 0.05) is 23.2 Å². The normalized spacial score (nSPS) is 10.9. The van der Waals surface area contributed by atoms with Crippen LogP contribution in [0, 0.1) is 11.3 Å². The summed E-state index contributed by atoms with van der Waals surface area (Å²) in [5.41, 5.74) is 4.10. The van der Waals surface area contributed by atoms with Crippen LogP contribution in [-0.2, 0) is 0 Å². The Labute approximate surface area is 201 Å². The van der Waals surface area contributed by atoms with Crippen molar-refractivity contribution in [1.29, 1.82) is 5.26 Å². The molecule has 0 spiro atoms. The van der Waals surface area contributed by atoms with Gasteiger partial charge in [-0.25, -0.2) is 0 Å². The molecule has 4 aromatic rings. The van der Waals surface area contributed by atoms with Crippen molar-refractivity contribution >= 4 is 57.6 Å². The molecule has 0 saturated heterocycles. The summed E-state index contributed by atoms with van der Waals surface area (Å²) in [5.74, 6) is 1.11. The molecule has 0 aliphatic heterocycles. The second-order valence-electron chi connectivity index (χ2n) is 7.11. The molecule has 7 heteroatoms. The predicted octanol–water partition coefficient (Wildman–Crippen LogP) is 7.34. The number of nitrogens with zero attached hydrogens (tertiary/aromatic N) is 2. The van der Waals surface area contributed by atoms with Crippen molar-refractivity contribution in [1.82, 2.24) is 4.98 Å². The van der Waals surface area contributed by atoms with Gasteiger partial charge in [0.1, 0.15) is 17.6 Å². The summed E-state index contributed by atoms with van der Waals surface area (Å²) < 4.78 is 10.9. The maximum Gasteiger partial charge on any atom is 0.139 e. The number of methoxy groups -OCH3 is 2.